The van der Waals surface area contributed by atoms with Crippen molar-refractivity contribution in [1.29, 1.82) is 0 Å². The van der Waals surface area contributed by atoms with Gasteiger partial charge in [0, 0.05) is 22.3 Å². The molecule has 126 valence electrons. The Morgan fingerprint density at radius 2 is 2.17 bits per heavy atom. The lowest BCUT2D eigenvalue weighted by Gasteiger charge is -2.06. The number of amides is 2. The zero-order valence-electron chi connectivity index (χ0n) is 14.0. The fraction of sp³-hybridized carbons (Fsp3) is 0.294. The molecule has 0 saturated heterocycles. The highest BCUT2D eigenvalue weighted by Crippen LogP contribution is 2.19. The number of benzene rings is 1. The number of carbonyl (C=O) groups is 1. The number of nitrogens with zero attached hydrogens (tertiary/aromatic N) is 2. The van der Waals surface area contributed by atoms with Gasteiger partial charge in [0.1, 0.15) is 6.26 Å². The summed E-state index contributed by atoms with van der Waals surface area (Å²) in [6.07, 6.45) is 1.56. The Morgan fingerprint density at radius 3 is 2.96 bits per heavy atom. The van der Waals surface area contributed by atoms with Crippen molar-refractivity contribution in [3.8, 4) is 0 Å². The fourth-order valence-electron chi connectivity index (χ4n) is 2.47. The van der Waals surface area contributed by atoms with Gasteiger partial charge in [-0.15, -0.1) is 0 Å². The molecule has 1 aromatic carbocycles. The number of hydrogen-bond acceptors (Lipinski definition) is 4. The van der Waals surface area contributed by atoms with Gasteiger partial charge in [-0.05, 0) is 45.3 Å². The summed E-state index contributed by atoms with van der Waals surface area (Å²) in [5.41, 5.74) is 3.58. The predicted octanol–water partition coefficient (Wildman–Crippen LogP) is 2.85. The van der Waals surface area contributed by atoms with Gasteiger partial charge in [-0.3, -0.25) is 0 Å². The third-order valence-corrected chi connectivity index (χ3v) is 3.49. The zero-order chi connectivity index (χ0) is 17.1. The number of oxazole rings is 1. The lowest BCUT2D eigenvalue weighted by molar-refractivity contribution is 0.251. The first kappa shape index (κ1) is 16.1. The molecule has 0 aliphatic heterocycles. The molecule has 7 heteroatoms. The topological polar surface area (TPSA) is 86.2 Å². The Morgan fingerprint density at radius 1 is 1.33 bits per heavy atom. The van der Waals surface area contributed by atoms with Gasteiger partial charge in [-0.1, -0.05) is 0 Å². The van der Waals surface area contributed by atoms with Gasteiger partial charge in [-0.25, -0.2) is 9.78 Å². The largest absolute Gasteiger partial charge is 0.447 e. The Kier molecular flexibility index (Phi) is 4.52. The van der Waals surface area contributed by atoms with Crippen LogP contribution in [0.5, 0.6) is 0 Å². The number of aromatic nitrogens is 2. The van der Waals surface area contributed by atoms with Crippen molar-refractivity contribution >= 4 is 22.6 Å². The first-order valence-electron chi connectivity index (χ1n) is 7.72. The van der Waals surface area contributed by atoms with Crippen LogP contribution in [0.4, 0.5) is 10.5 Å². The minimum Gasteiger partial charge on any atom is -0.447 e. The van der Waals surface area contributed by atoms with E-state index >= 15 is 0 Å². The highest BCUT2D eigenvalue weighted by molar-refractivity contribution is 5.92. The summed E-state index contributed by atoms with van der Waals surface area (Å²) in [6, 6.07) is 7.51. The second-order valence-corrected chi connectivity index (χ2v) is 6.03. The van der Waals surface area contributed by atoms with Crippen LogP contribution in [0.25, 0.3) is 10.9 Å². The lowest BCUT2D eigenvalue weighted by Crippen LogP contribution is -2.28. The summed E-state index contributed by atoms with van der Waals surface area (Å²) in [7, 11) is 3.89. The molecule has 2 amide bonds. The molecule has 2 heterocycles. The van der Waals surface area contributed by atoms with E-state index in [9.17, 15) is 4.79 Å². The Labute approximate surface area is 140 Å². The molecule has 3 aromatic rings. The normalized spacial score (nSPS) is 11.2. The van der Waals surface area contributed by atoms with Crippen molar-refractivity contribution in [3.63, 3.8) is 0 Å². The van der Waals surface area contributed by atoms with E-state index in [2.05, 4.69) is 20.6 Å². The van der Waals surface area contributed by atoms with Crippen LogP contribution in [0.1, 0.15) is 17.3 Å². The highest BCUT2D eigenvalue weighted by atomic mass is 16.3. The second kappa shape index (κ2) is 6.76. The minimum absolute atomic E-state index is 0.279. The molecule has 0 saturated carbocycles. The number of H-pyrrole nitrogens is 1. The van der Waals surface area contributed by atoms with E-state index in [4.69, 9.17) is 4.42 Å². The summed E-state index contributed by atoms with van der Waals surface area (Å²) < 4.78 is 5.35. The van der Waals surface area contributed by atoms with Crippen molar-refractivity contribution in [2.75, 3.05) is 19.4 Å². The quantitative estimate of drug-likeness (QED) is 0.672. The Balaban J connectivity index is 1.55. The fourth-order valence-corrected chi connectivity index (χ4v) is 2.47. The number of urea groups is 1. The number of nitrogens with one attached hydrogen (secondary N) is 3. The molecule has 0 unspecified atom stereocenters. The van der Waals surface area contributed by atoms with E-state index in [-0.39, 0.29) is 6.03 Å². The first-order valence-corrected chi connectivity index (χ1v) is 7.72. The summed E-state index contributed by atoms with van der Waals surface area (Å²) in [4.78, 5) is 21.6. The van der Waals surface area contributed by atoms with Crippen molar-refractivity contribution in [1.82, 2.24) is 20.2 Å². The number of anilines is 1. The van der Waals surface area contributed by atoms with Gasteiger partial charge in [0.25, 0.3) is 0 Å². The standard InChI is InChI=1S/C17H21N5O2/c1-11-6-12-7-13(4-5-15(12)19-11)21-17(23)18-8-14-10-24-16(20-14)9-22(2)3/h4-7,10,19H,8-9H2,1-3H3,(H2,18,21,23). The summed E-state index contributed by atoms with van der Waals surface area (Å²) in [6.45, 7) is 2.94. The number of aromatic amines is 1. The maximum atomic E-state index is 12.0. The maximum absolute atomic E-state index is 12.0. The van der Waals surface area contributed by atoms with Crippen LogP contribution in [-0.2, 0) is 13.1 Å². The number of fused-ring (bicyclic) bond motifs is 1. The average molecular weight is 327 g/mol. The predicted molar refractivity (Wildman–Crippen MR) is 92.8 cm³/mol. The van der Waals surface area contributed by atoms with E-state index in [1.165, 1.54) is 0 Å². The molecule has 0 fully saturated rings. The van der Waals surface area contributed by atoms with Gasteiger partial charge < -0.3 is 24.9 Å². The third-order valence-electron chi connectivity index (χ3n) is 3.49. The van der Waals surface area contributed by atoms with Crippen LogP contribution in [0, 0.1) is 6.92 Å². The van der Waals surface area contributed by atoms with Gasteiger partial charge in [0.05, 0.1) is 18.8 Å². The van der Waals surface area contributed by atoms with E-state index in [1.54, 1.807) is 6.26 Å². The van der Waals surface area contributed by atoms with Gasteiger partial charge >= 0.3 is 6.03 Å². The Hall–Kier alpha value is -2.80. The molecule has 2 aromatic heterocycles. The molecule has 0 bridgehead atoms. The Bertz CT molecular complexity index is 850. The molecular weight excluding hydrogens is 306 g/mol. The smallest absolute Gasteiger partial charge is 0.319 e. The summed E-state index contributed by atoms with van der Waals surface area (Å²) >= 11 is 0. The minimum atomic E-state index is -0.279. The molecule has 3 rings (SSSR count). The van der Waals surface area contributed by atoms with Crippen LogP contribution in [0.3, 0.4) is 0 Å². The molecular formula is C17H21N5O2. The van der Waals surface area contributed by atoms with Crippen molar-refractivity contribution in [2.24, 2.45) is 0 Å². The molecule has 0 aliphatic rings. The van der Waals surface area contributed by atoms with Crippen LogP contribution >= 0.6 is 0 Å². The SMILES string of the molecule is Cc1cc2cc(NC(=O)NCc3coc(CN(C)C)n3)ccc2[nH]1. The van der Waals surface area contributed by atoms with Gasteiger partial charge in [0.15, 0.2) is 0 Å². The highest BCUT2D eigenvalue weighted by Gasteiger charge is 2.08. The van der Waals surface area contributed by atoms with Crippen LogP contribution in [0.2, 0.25) is 0 Å². The van der Waals surface area contributed by atoms with Gasteiger partial charge in [0.2, 0.25) is 5.89 Å². The third kappa shape index (κ3) is 3.94. The van der Waals surface area contributed by atoms with E-state index in [0.29, 0.717) is 24.7 Å². The van der Waals surface area contributed by atoms with Crippen LogP contribution in [0.15, 0.2) is 34.9 Å². The van der Waals surface area contributed by atoms with Crippen molar-refractivity contribution in [3.05, 3.63) is 47.8 Å². The summed E-state index contributed by atoms with van der Waals surface area (Å²) in [5.74, 6) is 0.630. The average Bonchev–Trinajstić information content (AvgIpc) is 3.09. The molecule has 0 radical (unpaired) electrons. The molecule has 0 atom stereocenters. The van der Waals surface area contributed by atoms with E-state index in [0.717, 1.165) is 22.3 Å². The van der Waals surface area contributed by atoms with Gasteiger partial charge in [-0.2, -0.15) is 0 Å². The maximum Gasteiger partial charge on any atom is 0.319 e. The lowest BCUT2D eigenvalue weighted by atomic mass is 10.2. The molecule has 3 N–H and O–H groups in total. The van der Waals surface area contributed by atoms with Crippen LogP contribution in [-0.4, -0.2) is 35.0 Å². The van der Waals surface area contributed by atoms with Crippen LogP contribution < -0.4 is 10.6 Å². The summed E-state index contributed by atoms with van der Waals surface area (Å²) in [5, 5.41) is 6.66. The number of rotatable bonds is 5. The van der Waals surface area contributed by atoms with Crippen molar-refractivity contribution in [2.45, 2.75) is 20.0 Å². The molecule has 0 spiro atoms. The number of hydrogen-bond donors (Lipinski definition) is 3. The monoisotopic (exact) mass is 327 g/mol. The van der Waals surface area contributed by atoms with E-state index in [1.807, 2.05) is 50.2 Å². The molecule has 7 nitrogen and oxygen atoms in total. The number of aryl methyl sites for hydroxylation is 1. The second-order valence-electron chi connectivity index (χ2n) is 6.03. The first-order chi connectivity index (χ1) is 11.5. The molecule has 24 heavy (non-hydrogen) atoms. The number of carbonyl (C=O) groups excluding carboxylic acids is 1. The molecule has 0 aliphatic carbocycles. The zero-order valence-corrected chi connectivity index (χ0v) is 14.0. The van der Waals surface area contributed by atoms with E-state index < -0.39 is 0 Å². The van der Waals surface area contributed by atoms with Crippen molar-refractivity contribution < 1.29 is 9.21 Å².